The van der Waals surface area contributed by atoms with Crippen molar-refractivity contribution in [3.63, 3.8) is 0 Å². The fourth-order valence-electron chi connectivity index (χ4n) is 2.09. The van der Waals surface area contributed by atoms with Crippen molar-refractivity contribution in [2.24, 2.45) is 5.73 Å². The van der Waals surface area contributed by atoms with Gasteiger partial charge in [-0.3, -0.25) is 0 Å². The van der Waals surface area contributed by atoms with Gasteiger partial charge in [0.25, 0.3) is 0 Å². The molecule has 0 aromatic heterocycles. The van der Waals surface area contributed by atoms with Crippen LogP contribution in [0, 0.1) is 0 Å². The van der Waals surface area contributed by atoms with E-state index >= 15 is 0 Å². The summed E-state index contributed by atoms with van der Waals surface area (Å²) in [5.74, 6) is 0.133. The van der Waals surface area contributed by atoms with Gasteiger partial charge in [-0.1, -0.05) is 55.6 Å². The zero-order valence-electron chi connectivity index (χ0n) is 10.9. The first kappa shape index (κ1) is 15.8. The molecule has 102 valence electrons. The number of nitrogens with two attached hydrogens (primary N) is 1. The summed E-state index contributed by atoms with van der Waals surface area (Å²) in [6.07, 6.45) is 1.90. The summed E-state index contributed by atoms with van der Waals surface area (Å²) < 4.78 is 0. The van der Waals surface area contributed by atoms with E-state index in [4.69, 9.17) is 28.9 Å². The van der Waals surface area contributed by atoms with Gasteiger partial charge in [-0.2, -0.15) is 0 Å². The molecule has 0 saturated heterocycles. The predicted octanol–water partition coefficient (Wildman–Crippen LogP) is 3.98. The van der Waals surface area contributed by atoms with Crippen LogP contribution in [-0.2, 0) is 0 Å². The highest BCUT2D eigenvalue weighted by Crippen LogP contribution is 2.33. The molecule has 0 aliphatic carbocycles. The molecule has 0 aliphatic rings. The van der Waals surface area contributed by atoms with Gasteiger partial charge in [-0.05, 0) is 30.4 Å². The van der Waals surface area contributed by atoms with Crippen molar-refractivity contribution in [2.45, 2.75) is 51.2 Å². The second-order valence-electron chi connectivity index (χ2n) is 4.80. The van der Waals surface area contributed by atoms with E-state index in [2.05, 4.69) is 6.92 Å². The Hall–Kier alpha value is -0.280. The Morgan fingerprint density at radius 1 is 1.33 bits per heavy atom. The lowest BCUT2D eigenvalue weighted by Crippen LogP contribution is -2.35. The van der Waals surface area contributed by atoms with Crippen molar-refractivity contribution in [1.82, 2.24) is 0 Å². The molecule has 2 nitrogen and oxygen atoms in total. The minimum atomic E-state index is -0.505. The minimum Gasteiger partial charge on any atom is -0.391 e. The van der Waals surface area contributed by atoms with Gasteiger partial charge in [0, 0.05) is 6.04 Å². The lowest BCUT2D eigenvalue weighted by molar-refractivity contribution is 0.124. The van der Waals surface area contributed by atoms with Crippen LogP contribution in [0.1, 0.15) is 44.6 Å². The molecule has 18 heavy (non-hydrogen) atoms. The molecule has 3 unspecified atom stereocenters. The maximum absolute atomic E-state index is 10.0. The fraction of sp³-hybridized carbons (Fsp3) is 0.571. The van der Waals surface area contributed by atoms with Crippen LogP contribution in [0.3, 0.4) is 0 Å². The van der Waals surface area contributed by atoms with Crippen LogP contribution in [0.5, 0.6) is 0 Å². The van der Waals surface area contributed by atoms with Crippen LogP contribution in [0.25, 0.3) is 0 Å². The van der Waals surface area contributed by atoms with Crippen LogP contribution < -0.4 is 5.73 Å². The van der Waals surface area contributed by atoms with Crippen LogP contribution in [0.15, 0.2) is 18.2 Å². The van der Waals surface area contributed by atoms with Crippen molar-refractivity contribution < 1.29 is 5.11 Å². The highest BCUT2D eigenvalue weighted by Gasteiger charge is 2.20. The number of rotatable bonds is 6. The Kier molecular flexibility index (Phi) is 6.44. The summed E-state index contributed by atoms with van der Waals surface area (Å²) in [7, 11) is 0. The van der Waals surface area contributed by atoms with Crippen LogP contribution in [-0.4, -0.2) is 17.3 Å². The van der Waals surface area contributed by atoms with Gasteiger partial charge in [-0.15, -0.1) is 0 Å². The Morgan fingerprint density at radius 3 is 2.61 bits per heavy atom. The molecular formula is C14H21Cl2NO. The highest BCUT2D eigenvalue weighted by molar-refractivity contribution is 6.42. The number of hydrogen-bond donors (Lipinski definition) is 2. The number of benzene rings is 1. The average molecular weight is 290 g/mol. The monoisotopic (exact) mass is 289 g/mol. The number of aliphatic hydroxyl groups is 1. The fourth-order valence-corrected chi connectivity index (χ4v) is 2.58. The molecule has 1 aromatic rings. The molecule has 4 heteroatoms. The molecule has 3 atom stereocenters. The zero-order valence-corrected chi connectivity index (χ0v) is 12.4. The molecular weight excluding hydrogens is 269 g/mol. The second-order valence-corrected chi connectivity index (χ2v) is 5.58. The summed E-state index contributed by atoms with van der Waals surface area (Å²) in [6.45, 7) is 4.09. The standard InChI is InChI=1S/C14H21Cl2NO/c1-3-5-12(17)13(18)8-9(2)10-6-4-7-11(15)14(10)16/h4,6-7,9,12-13,18H,3,5,8,17H2,1-2H3. The smallest absolute Gasteiger partial charge is 0.0696 e. The van der Waals surface area contributed by atoms with E-state index in [1.54, 1.807) is 6.07 Å². The lowest BCUT2D eigenvalue weighted by Gasteiger charge is -2.22. The van der Waals surface area contributed by atoms with Crippen LogP contribution in [0.2, 0.25) is 10.0 Å². The van der Waals surface area contributed by atoms with Gasteiger partial charge in [0.1, 0.15) is 0 Å². The number of aliphatic hydroxyl groups excluding tert-OH is 1. The number of hydrogen-bond acceptors (Lipinski definition) is 2. The molecule has 3 N–H and O–H groups in total. The van der Waals surface area contributed by atoms with Crippen molar-refractivity contribution in [1.29, 1.82) is 0 Å². The Bertz CT molecular complexity index is 384. The maximum atomic E-state index is 10.0. The van der Waals surface area contributed by atoms with E-state index in [0.29, 0.717) is 16.5 Å². The van der Waals surface area contributed by atoms with Crippen molar-refractivity contribution in [2.75, 3.05) is 0 Å². The van der Waals surface area contributed by atoms with Gasteiger partial charge >= 0.3 is 0 Å². The van der Waals surface area contributed by atoms with Crippen molar-refractivity contribution in [3.05, 3.63) is 33.8 Å². The normalized spacial score (nSPS) is 16.3. The van der Waals surface area contributed by atoms with E-state index in [1.807, 2.05) is 19.1 Å². The van der Waals surface area contributed by atoms with E-state index in [1.165, 1.54) is 0 Å². The zero-order chi connectivity index (χ0) is 13.7. The van der Waals surface area contributed by atoms with E-state index in [9.17, 15) is 5.11 Å². The first-order valence-corrected chi connectivity index (χ1v) is 7.10. The maximum Gasteiger partial charge on any atom is 0.0696 e. The Balaban J connectivity index is 2.70. The average Bonchev–Trinajstić information content (AvgIpc) is 2.32. The molecule has 0 fully saturated rings. The van der Waals surface area contributed by atoms with Crippen molar-refractivity contribution in [3.8, 4) is 0 Å². The quantitative estimate of drug-likeness (QED) is 0.832. The van der Waals surface area contributed by atoms with Gasteiger partial charge in [-0.25, -0.2) is 0 Å². The molecule has 0 saturated carbocycles. The SMILES string of the molecule is CCCC(N)C(O)CC(C)c1cccc(Cl)c1Cl. The third-order valence-corrected chi connectivity index (χ3v) is 4.06. The molecule has 0 radical (unpaired) electrons. The first-order valence-electron chi connectivity index (χ1n) is 6.34. The molecule has 0 spiro atoms. The predicted molar refractivity (Wildman–Crippen MR) is 78.4 cm³/mol. The highest BCUT2D eigenvalue weighted by atomic mass is 35.5. The van der Waals surface area contributed by atoms with Crippen LogP contribution >= 0.6 is 23.2 Å². The van der Waals surface area contributed by atoms with E-state index < -0.39 is 6.10 Å². The summed E-state index contributed by atoms with van der Waals surface area (Å²) in [5, 5.41) is 11.2. The molecule has 1 aromatic carbocycles. The minimum absolute atomic E-state index is 0.133. The van der Waals surface area contributed by atoms with Crippen LogP contribution in [0.4, 0.5) is 0 Å². The van der Waals surface area contributed by atoms with E-state index in [-0.39, 0.29) is 12.0 Å². The summed E-state index contributed by atoms with van der Waals surface area (Å²) in [5.41, 5.74) is 6.88. The third kappa shape index (κ3) is 4.13. The largest absolute Gasteiger partial charge is 0.391 e. The van der Waals surface area contributed by atoms with Gasteiger partial charge in [0.2, 0.25) is 0 Å². The molecule has 0 bridgehead atoms. The topological polar surface area (TPSA) is 46.2 Å². The Morgan fingerprint density at radius 2 is 2.00 bits per heavy atom. The molecule has 0 heterocycles. The third-order valence-electron chi connectivity index (χ3n) is 3.22. The number of halogens is 2. The molecule has 0 amide bonds. The first-order chi connectivity index (χ1) is 8.47. The van der Waals surface area contributed by atoms with E-state index in [0.717, 1.165) is 18.4 Å². The van der Waals surface area contributed by atoms with Gasteiger partial charge in [0.05, 0.1) is 16.1 Å². The second kappa shape index (κ2) is 7.34. The molecule has 0 aliphatic heterocycles. The lowest BCUT2D eigenvalue weighted by atomic mass is 9.91. The van der Waals surface area contributed by atoms with Gasteiger partial charge < -0.3 is 10.8 Å². The summed E-state index contributed by atoms with van der Waals surface area (Å²) >= 11 is 12.2. The van der Waals surface area contributed by atoms with Gasteiger partial charge in [0.15, 0.2) is 0 Å². The Labute approximate surface area is 119 Å². The summed E-state index contributed by atoms with van der Waals surface area (Å²) in [4.78, 5) is 0. The summed E-state index contributed by atoms with van der Waals surface area (Å²) in [6, 6.07) is 5.41. The van der Waals surface area contributed by atoms with Crippen molar-refractivity contribution >= 4 is 23.2 Å². The molecule has 1 rings (SSSR count).